The molecule has 3 nitrogen and oxygen atoms in total. The van der Waals surface area contributed by atoms with Gasteiger partial charge in [0.05, 0.1) is 6.54 Å². The van der Waals surface area contributed by atoms with E-state index < -0.39 is 0 Å². The summed E-state index contributed by atoms with van der Waals surface area (Å²) in [5, 5.41) is 0. The summed E-state index contributed by atoms with van der Waals surface area (Å²) >= 11 is 0. The van der Waals surface area contributed by atoms with Crippen LogP contribution < -0.4 is 9.64 Å². The molecule has 80 valence electrons. The maximum Gasteiger partial charge on any atom is 0.237 e. The maximum absolute atomic E-state index is 5.52. The molecule has 0 aliphatic carbocycles. The highest BCUT2D eigenvalue weighted by Crippen LogP contribution is 2.34. The molecule has 0 bridgehead atoms. The second kappa shape index (κ2) is 3.85. The zero-order valence-electron chi connectivity index (χ0n) is 8.84. The maximum atomic E-state index is 5.52. The van der Waals surface area contributed by atoms with Gasteiger partial charge in [0.15, 0.2) is 0 Å². The highest BCUT2D eigenvalue weighted by molar-refractivity contribution is 5.68. The lowest BCUT2D eigenvalue weighted by atomic mass is 10.2. The number of rotatable bonds is 1. The highest BCUT2D eigenvalue weighted by Gasteiger charge is 2.19. The zero-order chi connectivity index (χ0) is 10.8. The van der Waals surface area contributed by atoms with E-state index in [2.05, 4.69) is 22.0 Å². The van der Waals surface area contributed by atoms with Gasteiger partial charge in [0, 0.05) is 11.9 Å². The minimum absolute atomic E-state index is 0.679. The number of para-hydroxylation sites is 1. The van der Waals surface area contributed by atoms with E-state index in [4.69, 9.17) is 4.74 Å². The molecular weight excluding hydrogens is 200 g/mol. The fourth-order valence-electron chi connectivity index (χ4n) is 1.93. The third-order valence-corrected chi connectivity index (χ3v) is 2.66. The summed E-state index contributed by atoms with van der Waals surface area (Å²) in [4.78, 5) is 6.46. The molecule has 0 atom stereocenters. The van der Waals surface area contributed by atoms with Crippen molar-refractivity contribution in [1.29, 1.82) is 0 Å². The Morgan fingerprint density at radius 3 is 2.81 bits per heavy atom. The van der Waals surface area contributed by atoms with Gasteiger partial charge in [0.2, 0.25) is 5.88 Å². The smallest absolute Gasteiger partial charge is 0.237 e. The summed E-state index contributed by atoms with van der Waals surface area (Å²) in [5.74, 6) is 0.720. The molecule has 1 aliphatic rings. The van der Waals surface area contributed by atoms with E-state index in [9.17, 15) is 0 Å². The molecule has 0 N–H and O–H groups in total. The van der Waals surface area contributed by atoms with E-state index in [1.165, 1.54) is 5.69 Å². The second-order valence-electron chi connectivity index (χ2n) is 3.66. The lowest BCUT2D eigenvalue weighted by molar-refractivity contribution is 0.301. The molecular formula is C13H12N2O. The van der Waals surface area contributed by atoms with E-state index in [1.54, 1.807) is 6.20 Å². The Hall–Kier alpha value is -2.03. The van der Waals surface area contributed by atoms with E-state index in [0.717, 1.165) is 18.1 Å². The Morgan fingerprint density at radius 1 is 1.06 bits per heavy atom. The van der Waals surface area contributed by atoms with Crippen LogP contribution in [0.4, 0.5) is 11.4 Å². The van der Waals surface area contributed by atoms with Gasteiger partial charge < -0.3 is 9.64 Å². The van der Waals surface area contributed by atoms with E-state index in [1.807, 2.05) is 30.3 Å². The highest BCUT2D eigenvalue weighted by atomic mass is 16.5. The van der Waals surface area contributed by atoms with Gasteiger partial charge in [0.1, 0.15) is 12.3 Å². The molecule has 0 spiro atoms. The molecule has 3 rings (SSSR count). The fourth-order valence-corrected chi connectivity index (χ4v) is 1.93. The van der Waals surface area contributed by atoms with Gasteiger partial charge in [-0.2, -0.15) is 0 Å². The first-order valence-corrected chi connectivity index (χ1v) is 5.35. The Labute approximate surface area is 94.3 Å². The standard InChI is InChI=1S/C13H12N2O/c1-2-5-11(6-3-1)15-9-10-16-13-12(15)7-4-8-14-13/h1-8H,9-10H2. The zero-order valence-corrected chi connectivity index (χ0v) is 8.84. The number of pyridine rings is 1. The molecule has 2 heterocycles. The molecule has 0 unspecified atom stereocenters. The molecule has 0 saturated heterocycles. The van der Waals surface area contributed by atoms with Crippen LogP contribution in [0.25, 0.3) is 0 Å². The normalized spacial score (nSPS) is 14.1. The number of anilines is 2. The van der Waals surface area contributed by atoms with Crippen LogP contribution in [0.3, 0.4) is 0 Å². The molecule has 1 aliphatic heterocycles. The molecule has 0 radical (unpaired) electrons. The van der Waals surface area contributed by atoms with Crippen molar-refractivity contribution in [3.63, 3.8) is 0 Å². The van der Waals surface area contributed by atoms with Crippen LogP contribution in [-0.4, -0.2) is 18.1 Å². The lowest BCUT2D eigenvalue weighted by Gasteiger charge is -2.30. The Bertz CT molecular complexity index is 484. The summed E-state index contributed by atoms with van der Waals surface area (Å²) < 4.78 is 5.52. The average Bonchev–Trinajstić information content (AvgIpc) is 2.39. The summed E-state index contributed by atoms with van der Waals surface area (Å²) in [5.41, 5.74) is 2.22. The number of hydrogen-bond donors (Lipinski definition) is 0. The quantitative estimate of drug-likeness (QED) is 0.726. The Morgan fingerprint density at radius 2 is 1.94 bits per heavy atom. The lowest BCUT2D eigenvalue weighted by Crippen LogP contribution is -2.28. The number of aromatic nitrogens is 1. The topological polar surface area (TPSA) is 25.4 Å². The van der Waals surface area contributed by atoms with Crippen molar-refractivity contribution < 1.29 is 4.74 Å². The third kappa shape index (κ3) is 1.50. The van der Waals surface area contributed by atoms with Crippen molar-refractivity contribution in [2.45, 2.75) is 0 Å². The van der Waals surface area contributed by atoms with Crippen molar-refractivity contribution in [3.8, 4) is 5.88 Å². The minimum atomic E-state index is 0.679. The van der Waals surface area contributed by atoms with Gasteiger partial charge in [-0.05, 0) is 24.3 Å². The van der Waals surface area contributed by atoms with E-state index in [0.29, 0.717) is 6.61 Å². The first kappa shape index (κ1) is 9.21. The number of nitrogens with zero attached hydrogens (tertiary/aromatic N) is 2. The van der Waals surface area contributed by atoms with Crippen molar-refractivity contribution in [3.05, 3.63) is 48.7 Å². The van der Waals surface area contributed by atoms with Crippen LogP contribution in [0.1, 0.15) is 0 Å². The predicted octanol–water partition coefficient (Wildman–Crippen LogP) is 2.61. The van der Waals surface area contributed by atoms with Gasteiger partial charge >= 0.3 is 0 Å². The summed E-state index contributed by atoms with van der Waals surface area (Å²) in [6.45, 7) is 1.54. The first-order valence-electron chi connectivity index (χ1n) is 5.35. The summed E-state index contributed by atoms with van der Waals surface area (Å²) in [7, 11) is 0. The third-order valence-electron chi connectivity index (χ3n) is 2.66. The molecule has 16 heavy (non-hydrogen) atoms. The molecule has 0 saturated carbocycles. The minimum Gasteiger partial charge on any atom is -0.474 e. The number of hydrogen-bond acceptors (Lipinski definition) is 3. The Balaban J connectivity index is 2.05. The SMILES string of the molecule is c1ccc(N2CCOc3ncccc32)cc1. The van der Waals surface area contributed by atoms with Crippen LogP contribution in [0.5, 0.6) is 5.88 Å². The number of benzene rings is 1. The van der Waals surface area contributed by atoms with E-state index in [-0.39, 0.29) is 0 Å². The molecule has 3 heteroatoms. The predicted molar refractivity (Wildman–Crippen MR) is 63.2 cm³/mol. The van der Waals surface area contributed by atoms with Gasteiger partial charge in [-0.3, -0.25) is 0 Å². The molecule has 2 aromatic rings. The molecule has 0 fully saturated rings. The van der Waals surface area contributed by atoms with Crippen molar-refractivity contribution >= 4 is 11.4 Å². The van der Waals surface area contributed by atoms with Gasteiger partial charge in [-0.1, -0.05) is 18.2 Å². The van der Waals surface area contributed by atoms with E-state index >= 15 is 0 Å². The first-order chi connectivity index (χ1) is 7.95. The van der Waals surface area contributed by atoms with Crippen LogP contribution in [0.15, 0.2) is 48.7 Å². The number of fused-ring (bicyclic) bond motifs is 1. The summed E-state index contributed by atoms with van der Waals surface area (Å²) in [6, 6.07) is 14.3. The second-order valence-corrected chi connectivity index (χ2v) is 3.66. The summed E-state index contributed by atoms with van der Waals surface area (Å²) in [6.07, 6.45) is 1.76. The molecule has 0 amide bonds. The number of ether oxygens (including phenoxy) is 1. The van der Waals surface area contributed by atoms with Crippen molar-refractivity contribution in [1.82, 2.24) is 4.98 Å². The van der Waals surface area contributed by atoms with Crippen LogP contribution in [-0.2, 0) is 0 Å². The Kier molecular flexibility index (Phi) is 2.22. The van der Waals surface area contributed by atoms with Crippen LogP contribution in [0.2, 0.25) is 0 Å². The van der Waals surface area contributed by atoms with Gasteiger partial charge in [-0.25, -0.2) is 4.98 Å². The van der Waals surface area contributed by atoms with Crippen molar-refractivity contribution in [2.75, 3.05) is 18.1 Å². The monoisotopic (exact) mass is 212 g/mol. The fraction of sp³-hybridized carbons (Fsp3) is 0.154. The molecule has 1 aromatic carbocycles. The largest absolute Gasteiger partial charge is 0.474 e. The van der Waals surface area contributed by atoms with Crippen LogP contribution >= 0.6 is 0 Å². The average molecular weight is 212 g/mol. The van der Waals surface area contributed by atoms with Crippen LogP contribution in [0, 0.1) is 0 Å². The van der Waals surface area contributed by atoms with Gasteiger partial charge in [0.25, 0.3) is 0 Å². The van der Waals surface area contributed by atoms with Crippen molar-refractivity contribution in [2.24, 2.45) is 0 Å². The molecule has 1 aromatic heterocycles. The van der Waals surface area contributed by atoms with Gasteiger partial charge in [-0.15, -0.1) is 0 Å².